The molecule has 0 atom stereocenters. The summed E-state index contributed by atoms with van der Waals surface area (Å²) in [5, 5.41) is 18.1. The van der Waals surface area contributed by atoms with Crippen molar-refractivity contribution in [1.29, 1.82) is 0 Å². The summed E-state index contributed by atoms with van der Waals surface area (Å²) in [6, 6.07) is 6.15. The predicted molar refractivity (Wildman–Crippen MR) is 60.8 cm³/mol. The zero-order valence-corrected chi connectivity index (χ0v) is 9.75. The third-order valence-electron chi connectivity index (χ3n) is 2.23. The molecule has 6 heteroatoms. The Kier molecular flexibility index (Phi) is 3.29. The zero-order valence-electron chi connectivity index (χ0n) is 8.93. The van der Waals surface area contributed by atoms with Crippen molar-refractivity contribution in [1.82, 2.24) is 0 Å². The van der Waals surface area contributed by atoms with E-state index in [2.05, 4.69) is 0 Å². The minimum atomic E-state index is -2.06. The molecule has 2 N–H and O–H groups in total. The molecule has 2 aromatic rings. The van der Waals surface area contributed by atoms with Crippen LogP contribution in [0.4, 0.5) is 8.78 Å². The van der Waals surface area contributed by atoms with Gasteiger partial charge in [0, 0.05) is 12.1 Å². The van der Waals surface area contributed by atoms with Gasteiger partial charge in [0.1, 0.15) is 23.1 Å². The van der Waals surface area contributed by atoms with Crippen LogP contribution in [0.5, 0.6) is 11.5 Å². The van der Waals surface area contributed by atoms with Gasteiger partial charge in [-0.25, -0.2) is 13.0 Å². The van der Waals surface area contributed by atoms with Gasteiger partial charge in [0.15, 0.2) is 0 Å². The summed E-state index contributed by atoms with van der Waals surface area (Å²) >= 11 is 0. The van der Waals surface area contributed by atoms with Gasteiger partial charge >= 0.3 is 0 Å². The quantitative estimate of drug-likeness (QED) is 0.881. The number of rotatable bonds is 2. The molecular formula is C12H8F2O3S. The fraction of sp³-hybridized carbons (Fsp3) is 0. The first-order valence-electron chi connectivity index (χ1n) is 4.88. The van der Waals surface area contributed by atoms with Gasteiger partial charge in [0.2, 0.25) is 0 Å². The lowest BCUT2D eigenvalue weighted by molar-refractivity contribution is 0.466. The number of phenolic OH excluding ortho intramolecular Hbond substituents is 2. The lowest BCUT2D eigenvalue weighted by Gasteiger charge is -2.05. The molecule has 0 saturated carbocycles. The Labute approximate surface area is 104 Å². The topological polar surface area (TPSA) is 57.5 Å². The minimum absolute atomic E-state index is 0.239. The molecule has 18 heavy (non-hydrogen) atoms. The Morgan fingerprint density at radius 2 is 1.22 bits per heavy atom. The second-order valence-electron chi connectivity index (χ2n) is 3.50. The van der Waals surface area contributed by atoms with Crippen molar-refractivity contribution in [3.05, 3.63) is 48.0 Å². The van der Waals surface area contributed by atoms with Crippen LogP contribution in [-0.4, -0.2) is 14.4 Å². The first-order chi connectivity index (χ1) is 8.49. The summed E-state index contributed by atoms with van der Waals surface area (Å²) in [4.78, 5) is -0.477. The van der Waals surface area contributed by atoms with E-state index in [0.717, 1.165) is 36.4 Å². The summed E-state index contributed by atoms with van der Waals surface area (Å²) < 4.78 is 38.9. The standard InChI is InChI=1S/C12H8F2O3S/c13-9-5-7(15)1-3-11(9)18(17)12-4-2-8(16)6-10(12)14/h1-6,15-16H. The number of phenols is 2. The molecular weight excluding hydrogens is 262 g/mol. The number of halogens is 2. The molecule has 0 heterocycles. The molecule has 0 saturated heterocycles. The van der Waals surface area contributed by atoms with Gasteiger partial charge in [-0.3, -0.25) is 0 Å². The van der Waals surface area contributed by atoms with E-state index < -0.39 is 22.4 Å². The highest BCUT2D eigenvalue weighted by atomic mass is 32.2. The van der Waals surface area contributed by atoms with E-state index in [-0.39, 0.29) is 21.3 Å². The van der Waals surface area contributed by atoms with Crippen LogP contribution in [0.15, 0.2) is 46.2 Å². The molecule has 0 aromatic heterocycles. The third kappa shape index (κ3) is 2.33. The summed E-state index contributed by atoms with van der Waals surface area (Å²) in [6.07, 6.45) is 0. The van der Waals surface area contributed by atoms with Gasteiger partial charge in [0.05, 0.1) is 20.6 Å². The van der Waals surface area contributed by atoms with Gasteiger partial charge in [-0.2, -0.15) is 0 Å². The normalized spacial score (nSPS) is 10.8. The molecule has 0 unspecified atom stereocenters. The monoisotopic (exact) mass is 270 g/mol. The highest BCUT2D eigenvalue weighted by Crippen LogP contribution is 2.25. The van der Waals surface area contributed by atoms with E-state index in [1.807, 2.05) is 0 Å². The molecule has 94 valence electrons. The van der Waals surface area contributed by atoms with Crippen molar-refractivity contribution in [3.63, 3.8) is 0 Å². The maximum Gasteiger partial charge on any atom is 0.143 e. The van der Waals surface area contributed by atoms with Crippen LogP contribution in [-0.2, 0) is 10.8 Å². The van der Waals surface area contributed by atoms with E-state index in [1.165, 1.54) is 0 Å². The van der Waals surface area contributed by atoms with Crippen molar-refractivity contribution in [2.75, 3.05) is 0 Å². The molecule has 0 fully saturated rings. The van der Waals surface area contributed by atoms with Crippen LogP contribution in [0.2, 0.25) is 0 Å². The summed E-state index contributed by atoms with van der Waals surface area (Å²) in [6.45, 7) is 0. The molecule has 0 aliphatic rings. The lowest BCUT2D eigenvalue weighted by atomic mass is 10.3. The van der Waals surface area contributed by atoms with Crippen LogP contribution >= 0.6 is 0 Å². The Morgan fingerprint density at radius 3 is 1.56 bits per heavy atom. The molecule has 0 bridgehead atoms. The summed E-state index contributed by atoms with van der Waals surface area (Å²) in [7, 11) is -2.06. The Balaban J connectivity index is 2.48. The first kappa shape index (κ1) is 12.5. The van der Waals surface area contributed by atoms with E-state index in [0.29, 0.717) is 0 Å². The molecule has 0 spiro atoms. The highest BCUT2D eigenvalue weighted by Gasteiger charge is 2.16. The molecule has 0 radical (unpaired) electrons. The maximum atomic E-state index is 13.5. The van der Waals surface area contributed by atoms with Gasteiger partial charge in [-0.05, 0) is 24.3 Å². The first-order valence-corrected chi connectivity index (χ1v) is 6.03. The largest absolute Gasteiger partial charge is 0.508 e. The maximum absolute atomic E-state index is 13.5. The van der Waals surface area contributed by atoms with Gasteiger partial charge < -0.3 is 10.2 Å². The van der Waals surface area contributed by atoms with Crippen LogP contribution in [0.3, 0.4) is 0 Å². The Morgan fingerprint density at radius 1 is 0.833 bits per heavy atom. The van der Waals surface area contributed by atoms with Gasteiger partial charge in [-0.1, -0.05) is 0 Å². The zero-order chi connectivity index (χ0) is 13.3. The van der Waals surface area contributed by atoms with Crippen molar-refractivity contribution in [3.8, 4) is 11.5 Å². The Hall–Kier alpha value is -1.95. The van der Waals surface area contributed by atoms with Crippen LogP contribution in [0, 0.1) is 11.6 Å². The molecule has 2 aromatic carbocycles. The van der Waals surface area contributed by atoms with Crippen LogP contribution in [0.25, 0.3) is 0 Å². The SMILES string of the molecule is O=S(c1ccc(O)cc1F)c1ccc(O)cc1F. The summed E-state index contributed by atoms with van der Waals surface area (Å²) in [5.41, 5.74) is 0. The van der Waals surface area contributed by atoms with E-state index in [1.54, 1.807) is 0 Å². The number of hydrogen-bond donors (Lipinski definition) is 2. The van der Waals surface area contributed by atoms with Crippen molar-refractivity contribution in [2.45, 2.75) is 9.79 Å². The average Bonchev–Trinajstić information content (AvgIpc) is 2.28. The van der Waals surface area contributed by atoms with Crippen LogP contribution < -0.4 is 0 Å². The summed E-state index contributed by atoms with van der Waals surface area (Å²) in [5.74, 6) is -2.39. The molecule has 3 nitrogen and oxygen atoms in total. The van der Waals surface area contributed by atoms with Crippen molar-refractivity contribution < 1.29 is 23.2 Å². The van der Waals surface area contributed by atoms with Crippen molar-refractivity contribution in [2.24, 2.45) is 0 Å². The second kappa shape index (κ2) is 4.73. The molecule has 0 aliphatic carbocycles. The third-order valence-corrected chi connectivity index (χ3v) is 3.69. The average molecular weight is 270 g/mol. The van der Waals surface area contributed by atoms with Gasteiger partial charge in [-0.15, -0.1) is 0 Å². The second-order valence-corrected chi connectivity index (χ2v) is 4.92. The highest BCUT2D eigenvalue weighted by molar-refractivity contribution is 7.85. The molecule has 2 rings (SSSR count). The van der Waals surface area contributed by atoms with E-state index in [4.69, 9.17) is 10.2 Å². The minimum Gasteiger partial charge on any atom is -0.508 e. The molecule has 0 aliphatic heterocycles. The number of hydrogen-bond acceptors (Lipinski definition) is 3. The van der Waals surface area contributed by atoms with Crippen molar-refractivity contribution >= 4 is 10.8 Å². The molecule has 0 amide bonds. The lowest BCUT2D eigenvalue weighted by Crippen LogP contribution is -1.99. The number of aromatic hydroxyl groups is 2. The fourth-order valence-corrected chi connectivity index (χ4v) is 2.49. The predicted octanol–water partition coefficient (Wildman–Crippen LogP) is 2.54. The van der Waals surface area contributed by atoms with Crippen LogP contribution in [0.1, 0.15) is 0 Å². The Bertz CT molecular complexity index is 575. The fourth-order valence-electron chi connectivity index (χ4n) is 1.40. The van der Waals surface area contributed by atoms with Gasteiger partial charge in [0.25, 0.3) is 0 Å². The smallest absolute Gasteiger partial charge is 0.143 e. The number of benzene rings is 2. The van der Waals surface area contributed by atoms with E-state index >= 15 is 0 Å². The van der Waals surface area contributed by atoms with E-state index in [9.17, 15) is 13.0 Å².